The number of hydrogen-bond acceptors (Lipinski definition) is 4. The molecule has 0 aliphatic heterocycles. The summed E-state index contributed by atoms with van der Waals surface area (Å²) in [5, 5.41) is 0. The molecule has 0 aromatic heterocycles. The average Bonchev–Trinajstić information content (AvgIpc) is 2.34. The lowest BCUT2D eigenvalue weighted by molar-refractivity contribution is 0.316. The molecular formula is C12H18N2O3S. The number of ether oxygens (including phenoxy) is 1. The first-order chi connectivity index (χ1) is 8.40. The third-order valence-corrected chi connectivity index (χ3v) is 3.47. The molecule has 0 aliphatic rings. The number of hydrogen-bond donors (Lipinski definition) is 1. The Labute approximate surface area is 108 Å². The fourth-order valence-electron chi connectivity index (χ4n) is 1.40. The zero-order chi connectivity index (χ0) is 13.8. The fraction of sp³-hybridized carbons (Fsp3) is 0.417. The molecule has 100 valence electrons. The minimum atomic E-state index is -3.27. The van der Waals surface area contributed by atoms with Crippen LogP contribution in [-0.4, -0.2) is 34.2 Å². The quantitative estimate of drug-likeness (QED) is 0.644. The zero-order valence-electron chi connectivity index (χ0n) is 10.8. The number of benzene rings is 1. The molecule has 0 radical (unpaired) electrons. The standard InChI is InChI=1S/C12H18N2O3S/c1-4-7-17-11-6-5-9(18(3,15)16)8-10(11)12(13)14-2/h5-6,8H,4,7H2,1-3H3,(H2,13,14). The molecule has 1 aromatic carbocycles. The molecular weight excluding hydrogens is 252 g/mol. The summed E-state index contributed by atoms with van der Waals surface area (Å²) < 4.78 is 28.5. The van der Waals surface area contributed by atoms with Gasteiger partial charge in [-0.05, 0) is 24.6 Å². The molecule has 0 aliphatic carbocycles. The van der Waals surface area contributed by atoms with Crippen LogP contribution in [0, 0.1) is 0 Å². The molecule has 5 nitrogen and oxygen atoms in total. The summed E-state index contributed by atoms with van der Waals surface area (Å²) in [6.07, 6.45) is 2.01. The van der Waals surface area contributed by atoms with E-state index in [0.29, 0.717) is 17.9 Å². The lowest BCUT2D eigenvalue weighted by Crippen LogP contribution is -2.16. The Morgan fingerprint density at radius 1 is 1.44 bits per heavy atom. The van der Waals surface area contributed by atoms with Gasteiger partial charge >= 0.3 is 0 Å². The Bertz CT molecular complexity index is 550. The number of nitrogens with zero attached hydrogens (tertiary/aromatic N) is 1. The van der Waals surface area contributed by atoms with Crippen LogP contribution in [0.4, 0.5) is 0 Å². The van der Waals surface area contributed by atoms with Crippen molar-refractivity contribution in [1.29, 1.82) is 0 Å². The summed E-state index contributed by atoms with van der Waals surface area (Å²) in [6.45, 7) is 2.53. The molecule has 1 aromatic rings. The van der Waals surface area contributed by atoms with Gasteiger partial charge in [-0.2, -0.15) is 0 Å². The van der Waals surface area contributed by atoms with Gasteiger partial charge in [-0.3, -0.25) is 4.99 Å². The maximum absolute atomic E-state index is 11.5. The van der Waals surface area contributed by atoms with Crippen LogP contribution in [0.2, 0.25) is 0 Å². The third kappa shape index (κ3) is 3.46. The van der Waals surface area contributed by atoms with Gasteiger partial charge in [0.2, 0.25) is 0 Å². The molecule has 1 rings (SSSR count). The summed E-state index contributed by atoms with van der Waals surface area (Å²) >= 11 is 0. The zero-order valence-corrected chi connectivity index (χ0v) is 11.6. The van der Waals surface area contributed by atoms with Crippen molar-refractivity contribution in [1.82, 2.24) is 0 Å². The van der Waals surface area contributed by atoms with Crippen LogP contribution in [0.5, 0.6) is 5.75 Å². The van der Waals surface area contributed by atoms with Crippen molar-refractivity contribution in [3.63, 3.8) is 0 Å². The highest BCUT2D eigenvalue weighted by molar-refractivity contribution is 7.90. The van der Waals surface area contributed by atoms with Crippen LogP contribution >= 0.6 is 0 Å². The molecule has 0 atom stereocenters. The van der Waals surface area contributed by atoms with Crippen LogP contribution in [0.15, 0.2) is 28.1 Å². The maximum atomic E-state index is 11.5. The van der Waals surface area contributed by atoms with Crippen molar-refractivity contribution in [2.24, 2.45) is 10.7 Å². The highest BCUT2D eigenvalue weighted by atomic mass is 32.2. The predicted molar refractivity (Wildman–Crippen MR) is 72.0 cm³/mol. The van der Waals surface area contributed by atoms with Gasteiger partial charge in [0.25, 0.3) is 0 Å². The number of rotatable bonds is 5. The SMILES string of the molecule is CCCOc1ccc(S(C)(=O)=O)cc1C(N)=NC. The Morgan fingerprint density at radius 2 is 2.11 bits per heavy atom. The second-order valence-electron chi connectivity index (χ2n) is 3.89. The molecule has 0 spiro atoms. The van der Waals surface area contributed by atoms with E-state index in [1.54, 1.807) is 13.1 Å². The van der Waals surface area contributed by atoms with E-state index >= 15 is 0 Å². The number of amidine groups is 1. The molecule has 0 saturated heterocycles. The number of sulfone groups is 1. The highest BCUT2D eigenvalue weighted by Gasteiger charge is 2.13. The van der Waals surface area contributed by atoms with Crippen molar-refractivity contribution >= 4 is 15.7 Å². The Morgan fingerprint density at radius 3 is 2.61 bits per heavy atom. The molecule has 6 heteroatoms. The summed E-state index contributed by atoms with van der Waals surface area (Å²) in [6, 6.07) is 4.61. The van der Waals surface area contributed by atoms with E-state index in [1.165, 1.54) is 12.1 Å². The molecule has 0 heterocycles. The lowest BCUT2D eigenvalue weighted by atomic mass is 10.2. The normalized spacial score (nSPS) is 12.5. The predicted octanol–water partition coefficient (Wildman–Crippen LogP) is 1.21. The van der Waals surface area contributed by atoms with Crippen molar-refractivity contribution in [3.8, 4) is 5.75 Å². The lowest BCUT2D eigenvalue weighted by Gasteiger charge is -2.11. The van der Waals surface area contributed by atoms with E-state index in [-0.39, 0.29) is 10.7 Å². The van der Waals surface area contributed by atoms with Crippen molar-refractivity contribution < 1.29 is 13.2 Å². The summed E-state index contributed by atoms with van der Waals surface area (Å²) in [5.74, 6) is 0.805. The van der Waals surface area contributed by atoms with E-state index in [2.05, 4.69) is 4.99 Å². The molecule has 2 N–H and O–H groups in total. The van der Waals surface area contributed by atoms with Crippen molar-refractivity contribution in [2.45, 2.75) is 18.2 Å². The van der Waals surface area contributed by atoms with Gasteiger partial charge in [0.1, 0.15) is 11.6 Å². The molecule has 0 fully saturated rings. The first-order valence-electron chi connectivity index (χ1n) is 5.59. The minimum absolute atomic E-state index is 0.202. The summed E-state index contributed by atoms with van der Waals surface area (Å²) in [5.41, 5.74) is 6.26. The average molecular weight is 270 g/mol. The van der Waals surface area contributed by atoms with Gasteiger partial charge in [-0.1, -0.05) is 6.92 Å². The van der Waals surface area contributed by atoms with Crippen LogP contribution < -0.4 is 10.5 Å². The van der Waals surface area contributed by atoms with Crippen LogP contribution in [0.1, 0.15) is 18.9 Å². The van der Waals surface area contributed by atoms with Gasteiger partial charge in [0, 0.05) is 13.3 Å². The van der Waals surface area contributed by atoms with E-state index in [0.717, 1.165) is 12.7 Å². The van der Waals surface area contributed by atoms with Crippen molar-refractivity contribution in [2.75, 3.05) is 19.9 Å². The second kappa shape index (κ2) is 5.86. The van der Waals surface area contributed by atoms with Crippen LogP contribution in [0.25, 0.3) is 0 Å². The first-order valence-corrected chi connectivity index (χ1v) is 7.48. The van der Waals surface area contributed by atoms with Crippen LogP contribution in [-0.2, 0) is 9.84 Å². The smallest absolute Gasteiger partial charge is 0.175 e. The monoisotopic (exact) mass is 270 g/mol. The van der Waals surface area contributed by atoms with E-state index in [1.807, 2.05) is 6.92 Å². The van der Waals surface area contributed by atoms with Gasteiger partial charge in [-0.15, -0.1) is 0 Å². The molecule has 0 unspecified atom stereocenters. The maximum Gasteiger partial charge on any atom is 0.175 e. The Kier molecular flexibility index (Phi) is 4.72. The summed E-state index contributed by atoms with van der Waals surface area (Å²) in [7, 11) is -1.72. The van der Waals surface area contributed by atoms with Crippen molar-refractivity contribution in [3.05, 3.63) is 23.8 Å². The van der Waals surface area contributed by atoms with Gasteiger partial charge < -0.3 is 10.5 Å². The second-order valence-corrected chi connectivity index (χ2v) is 5.90. The summed E-state index contributed by atoms with van der Waals surface area (Å²) in [4.78, 5) is 4.07. The minimum Gasteiger partial charge on any atom is -0.493 e. The van der Waals surface area contributed by atoms with E-state index in [4.69, 9.17) is 10.5 Å². The van der Waals surface area contributed by atoms with Gasteiger partial charge in [-0.25, -0.2) is 8.42 Å². The third-order valence-electron chi connectivity index (χ3n) is 2.36. The first kappa shape index (κ1) is 14.5. The number of aliphatic imine (C=N–C) groups is 1. The molecule has 18 heavy (non-hydrogen) atoms. The highest BCUT2D eigenvalue weighted by Crippen LogP contribution is 2.22. The van der Waals surface area contributed by atoms with Crippen LogP contribution in [0.3, 0.4) is 0 Å². The molecule has 0 amide bonds. The Hall–Kier alpha value is -1.56. The largest absolute Gasteiger partial charge is 0.493 e. The Balaban J connectivity index is 3.30. The topological polar surface area (TPSA) is 81.8 Å². The molecule has 0 bridgehead atoms. The fourth-order valence-corrected chi connectivity index (χ4v) is 2.05. The van der Waals surface area contributed by atoms with Gasteiger partial charge in [0.05, 0.1) is 17.1 Å². The van der Waals surface area contributed by atoms with Gasteiger partial charge in [0.15, 0.2) is 9.84 Å². The van der Waals surface area contributed by atoms with E-state index < -0.39 is 9.84 Å². The molecule has 0 saturated carbocycles. The van der Waals surface area contributed by atoms with E-state index in [9.17, 15) is 8.42 Å². The number of nitrogens with two attached hydrogens (primary N) is 1.